The van der Waals surface area contributed by atoms with E-state index >= 15 is 0 Å². The molecular formula is C12H22N2O3. The first-order valence-corrected chi connectivity index (χ1v) is 6.20. The van der Waals surface area contributed by atoms with Crippen molar-refractivity contribution in [2.75, 3.05) is 6.54 Å². The molecule has 98 valence electrons. The number of hydrogen-bond acceptors (Lipinski definition) is 3. The van der Waals surface area contributed by atoms with Crippen LogP contribution in [0.2, 0.25) is 0 Å². The minimum atomic E-state index is -0.829. The lowest BCUT2D eigenvalue weighted by Crippen LogP contribution is -2.49. The summed E-state index contributed by atoms with van der Waals surface area (Å²) < 4.78 is 0. The molecular weight excluding hydrogens is 220 g/mol. The molecule has 0 spiro atoms. The molecule has 2 atom stereocenters. The van der Waals surface area contributed by atoms with E-state index < -0.39 is 11.9 Å². The first kappa shape index (κ1) is 14.0. The highest BCUT2D eigenvalue weighted by atomic mass is 16.4. The van der Waals surface area contributed by atoms with Crippen LogP contribution in [0.1, 0.15) is 39.5 Å². The number of carbonyl (C=O) groups is 2. The fourth-order valence-electron chi connectivity index (χ4n) is 2.52. The molecule has 1 aliphatic rings. The van der Waals surface area contributed by atoms with E-state index in [1.54, 1.807) is 6.92 Å². The maximum absolute atomic E-state index is 11.1. The van der Waals surface area contributed by atoms with Crippen molar-refractivity contribution in [1.82, 2.24) is 4.90 Å². The molecule has 17 heavy (non-hydrogen) atoms. The van der Waals surface area contributed by atoms with Crippen LogP contribution in [0.25, 0.3) is 0 Å². The molecule has 0 heterocycles. The van der Waals surface area contributed by atoms with Gasteiger partial charge in [0.25, 0.3) is 0 Å². The van der Waals surface area contributed by atoms with E-state index in [-0.39, 0.29) is 18.5 Å². The molecule has 0 aromatic heterocycles. The summed E-state index contributed by atoms with van der Waals surface area (Å²) >= 11 is 0. The minimum Gasteiger partial charge on any atom is -0.481 e. The predicted octanol–water partition coefficient (Wildman–Crippen LogP) is 0.825. The van der Waals surface area contributed by atoms with Gasteiger partial charge in [0.2, 0.25) is 5.91 Å². The van der Waals surface area contributed by atoms with Crippen molar-refractivity contribution in [2.45, 2.75) is 51.6 Å². The molecule has 0 bridgehead atoms. The average Bonchev–Trinajstić information content (AvgIpc) is 2.76. The molecule has 5 nitrogen and oxygen atoms in total. The highest BCUT2D eigenvalue weighted by Crippen LogP contribution is 2.26. The van der Waals surface area contributed by atoms with Gasteiger partial charge in [-0.2, -0.15) is 0 Å². The van der Waals surface area contributed by atoms with Crippen molar-refractivity contribution in [1.29, 1.82) is 0 Å². The Bertz CT molecular complexity index is 287. The summed E-state index contributed by atoms with van der Waals surface area (Å²) in [6.07, 6.45) is 4.36. The summed E-state index contributed by atoms with van der Waals surface area (Å²) in [5.41, 5.74) is 5.25. The molecule has 1 rings (SSSR count). The molecule has 0 aromatic rings. The molecule has 1 aliphatic carbocycles. The molecule has 3 N–H and O–H groups in total. The Labute approximate surface area is 102 Å². The van der Waals surface area contributed by atoms with Gasteiger partial charge in [0.05, 0.1) is 12.5 Å². The zero-order valence-electron chi connectivity index (χ0n) is 10.6. The SMILES string of the molecule is CC(C(=O)O)C(C)N(CC(N)=O)C1CCCC1. The normalized spacial score (nSPS) is 20.4. The molecule has 5 heteroatoms. The number of rotatable bonds is 6. The number of hydrogen-bond donors (Lipinski definition) is 2. The third-order valence-corrected chi connectivity index (χ3v) is 3.77. The second-order valence-electron chi connectivity index (χ2n) is 4.94. The summed E-state index contributed by atoms with van der Waals surface area (Å²) in [5.74, 6) is -1.71. The van der Waals surface area contributed by atoms with Crippen molar-refractivity contribution in [2.24, 2.45) is 11.7 Å². The molecule has 0 radical (unpaired) electrons. The van der Waals surface area contributed by atoms with Crippen molar-refractivity contribution in [3.63, 3.8) is 0 Å². The first-order chi connectivity index (χ1) is 7.93. The Morgan fingerprint density at radius 1 is 1.35 bits per heavy atom. The molecule has 1 amide bonds. The van der Waals surface area contributed by atoms with E-state index in [0.717, 1.165) is 25.7 Å². The fourth-order valence-corrected chi connectivity index (χ4v) is 2.52. The number of amides is 1. The van der Waals surface area contributed by atoms with Crippen molar-refractivity contribution in [3.05, 3.63) is 0 Å². The van der Waals surface area contributed by atoms with Crippen LogP contribution >= 0.6 is 0 Å². The van der Waals surface area contributed by atoms with Gasteiger partial charge >= 0.3 is 5.97 Å². The molecule has 0 aliphatic heterocycles. The number of nitrogens with two attached hydrogens (primary N) is 1. The Morgan fingerprint density at radius 3 is 2.29 bits per heavy atom. The maximum atomic E-state index is 11.1. The summed E-state index contributed by atoms with van der Waals surface area (Å²) in [5, 5.41) is 9.04. The number of carboxylic acids is 1. The first-order valence-electron chi connectivity index (χ1n) is 6.20. The standard InChI is InChI=1S/C12H22N2O3/c1-8(12(16)17)9(2)14(7-11(13)15)10-5-3-4-6-10/h8-10H,3-7H2,1-2H3,(H2,13,15)(H,16,17). The van der Waals surface area contributed by atoms with Crippen LogP contribution in [0.4, 0.5) is 0 Å². The van der Waals surface area contributed by atoms with Gasteiger partial charge in [0.1, 0.15) is 0 Å². The van der Waals surface area contributed by atoms with Crippen molar-refractivity contribution >= 4 is 11.9 Å². The van der Waals surface area contributed by atoms with Gasteiger partial charge in [-0.15, -0.1) is 0 Å². The second-order valence-corrected chi connectivity index (χ2v) is 4.94. The highest BCUT2D eigenvalue weighted by Gasteiger charge is 2.32. The van der Waals surface area contributed by atoms with Crippen LogP contribution in [0.3, 0.4) is 0 Å². The Hall–Kier alpha value is -1.10. The lowest BCUT2D eigenvalue weighted by atomic mass is 10.00. The largest absolute Gasteiger partial charge is 0.481 e. The van der Waals surface area contributed by atoms with Gasteiger partial charge in [-0.05, 0) is 19.8 Å². The van der Waals surface area contributed by atoms with E-state index in [2.05, 4.69) is 0 Å². The van der Waals surface area contributed by atoms with Crippen LogP contribution in [-0.2, 0) is 9.59 Å². The summed E-state index contributed by atoms with van der Waals surface area (Å²) in [6, 6.07) is 0.141. The third kappa shape index (κ3) is 3.70. The monoisotopic (exact) mass is 242 g/mol. The van der Waals surface area contributed by atoms with Gasteiger partial charge in [0.15, 0.2) is 0 Å². The van der Waals surface area contributed by atoms with E-state index in [1.165, 1.54) is 0 Å². The number of carbonyl (C=O) groups excluding carboxylic acids is 1. The maximum Gasteiger partial charge on any atom is 0.307 e. The smallest absolute Gasteiger partial charge is 0.307 e. The van der Waals surface area contributed by atoms with Gasteiger partial charge in [0, 0.05) is 12.1 Å². The lowest BCUT2D eigenvalue weighted by Gasteiger charge is -2.35. The quantitative estimate of drug-likeness (QED) is 0.722. The number of nitrogens with zero attached hydrogens (tertiary/aromatic N) is 1. The predicted molar refractivity (Wildman–Crippen MR) is 64.4 cm³/mol. The van der Waals surface area contributed by atoms with Crippen LogP contribution in [-0.4, -0.2) is 40.5 Å². The molecule has 1 saturated carbocycles. The van der Waals surface area contributed by atoms with Crippen LogP contribution in [0.5, 0.6) is 0 Å². The Morgan fingerprint density at radius 2 is 1.88 bits per heavy atom. The van der Waals surface area contributed by atoms with E-state index in [9.17, 15) is 9.59 Å². The molecule has 0 aromatic carbocycles. The zero-order chi connectivity index (χ0) is 13.0. The topological polar surface area (TPSA) is 83.6 Å². The van der Waals surface area contributed by atoms with Gasteiger partial charge in [-0.3, -0.25) is 14.5 Å². The highest BCUT2D eigenvalue weighted by molar-refractivity contribution is 5.76. The van der Waals surface area contributed by atoms with E-state index in [1.807, 2.05) is 11.8 Å². The second kappa shape index (κ2) is 6.00. The Kier molecular flexibility index (Phi) is 4.93. The van der Waals surface area contributed by atoms with Crippen molar-refractivity contribution < 1.29 is 14.7 Å². The minimum absolute atomic E-state index is 0.156. The van der Waals surface area contributed by atoms with Crippen molar-refractivity contribution in [3.8, 4) is 0 Å². The van der Waals surface area contributed by atoms with Gasteiger partial charge in [-0.1, -0.05) is 19.8 Å². The summed E-state index contributed by atoms with van der Waals surface area (Å²) in [6.45, 7) is 3.69. The van der Waals surface area contributed by atoms with Crippen LogP contribution < -0.4 is 5.73 Å². The average molecular weight is 242 g/mol. The Balaban J connectivity index is 2.73. The number of aliphatic carboxylic acids is 1. The summed E-state index contributed by atoms with van der Waals surface area (Å²) in [4.78, 5) is 24.1. The van der Waals surface area contributed by atoms with Gasteiger partial charge in [-0.25, -0.2) is 0 Å². The van der Waals surface area contributed by atoms with E-state index in [0.29, 0.717) is 6.04 Å². The van der Waals surface area contributed by atoms with Crippen LogP contribution in [0, 0.1) is 5.92 Å². The molecule has 1 fully saturated rings. The van der Waals surface area contributed by atoms with E-state index in [4.69, 9.17) is 10.8 Å². The lowest BCUT2D eigenvalue weighted by molar-refractivity contribution is -0.144. The summed E-state index contributed by atoms with van der Waals surface area (Å²) in [7, 11) is 0. The molecule has 2 unspecified atom stereocenters. The zero-order valence-corrected chi connectivity index (χ0v) is 10.6. The number of carboxylic acid groups (broad SMARTS) is 1. The molecule has 0 saturated heterocycles. The fraction of sp³-hybridized carbons (Fsp3) is 0.833. The third-order valence-electron chi connectivity index (χ3n) is 3.77. The number of primary amides is 1. The van der Waals surface area contributed by atoms with Gasteiger partial charge < -0.3 is 10.8 Å². The van der Waals surface area contributed by atoms with Crippen LogP contribution in [0.15, 0.2) is 0 Å².